The van der Waals surface area contributed by atoms with E-state index in [1.807, 2.05) is 0 Å². The Morgan fingerprint density at radius 1 is 1.12 bits per heavy atom. The van der Waals surface area contributed by atoms with Gasteiger partial charge >= 0.3 is 6.18 Å². The zero-order valence-corrected chi connectivity index (χ0v) is 15.1. The number of benzene rings is 1. The van der Waals surface area contributed by atoms with Crippen molar-refractivity contribution in [3.8, 4) is 16.9 Å². The Bertz CT molecular complexity index is 1080. The minimum absolute atomic E-state index is 0.0103. The number of aryl methyl sites for hydroxylation is 2. The Hall–Kier alpha value is -2.55. The van der Waals surface area contributed by atoms with Crippen LogP contribution in [0.2, 0.25) is 0 Å². The van der Waals surface area contributed by atoms with E-state index in [4.69, 9.17) is 0 Å². The highest BCUT2D eigenvalue weighted by Crippen LogP contribution is 2.37. The molecule has 0 radical (unpaired) electrons. The van der Waals surface area contributed by atoms with Crippen molar-refractivity contribution in [1.82, 2.24) is 14.3 Å². The number of sulfone groups is 1. The van der Waals surface area contributed by atoms with Crippen LogP contribution in [0, 0.1) is 6.92 Å². The lowest BCUT2D eigenvalue weighted by molar-refractivity contribution is -0.140. The maximum Gasteiger partial charge on any atom is 0.435 e. The Kier molecular flexibility index (Phi) is 4.22. The molecule has 138 valence electrons. The van der Waals surface area contributed by atoms with Crippen molar-refractivity contribution in [2.45, 2.75) is 18.0 Å². The smallest absolute Gasteiger partial charge is 0.335 e. The summed E-state index contributed by atoms with van der Waals surface area (Å²) in [6.45, 7) is 1.79. The van der Waals surface area contributed by atoms with Crippen molar-refractivity contribution in [3.63, 3.8) is 0 Å². The van der Waals surface area contributed by atoms with E-state index in [9.17, 15) is 21.6 Å². The highest BCUT2D eigenvalue weighted by molar-refractivity contribution is 7.90. The second-order valence-corrected chi connectivity index (χ2v) is 8.14. The molecule has 3 aromatic rings. The van der Waals surface area contributed by atoms with Crippen LogP contribution in [-0.2, 0) is 23.1 Å². The molecule has 0 saturated heterocycles. The van der Waals surface area contributed by atoms with Gasteiger partial charge in [-0.1, -0.05) is 29.8 Å². The fourth-order valence-corrected chi connectivity index (χ4v) is 3.35. The van der Waals surface area contributed by atoms with Gasteiger partial charge < -0.3 is 4.57 Å². The van der Waals surface area contributed by atoms with Gasteiger partial charge in [-0.3, -0.25) is 0 Å². The van der Waals surface area contributed by atoms with Crippen LogP contribution in [-0.4, -0.2) is 29.0 Å². The fraction of sp³-hybridized carbons (Fsp3) is 0.235. The molecule has 9 heteroatoms. The Balaban J connectivity index is 2.21. The molecule has 5 nitrogen and oxygen atoms in total. The van der Waals surface area contributed by atoms with Crippen LogP contribution in [0.15, 0.2) is 47.6 Å². The van der Waals surface area contributed by atoms with Crippen molar-refractivity contribution in [2.75, 3.05) is 6.26 Å². The molecule has 0 spiro atoms. The first kappa shape index (κ1) is 18.2. The number of nitrogens with zero attached hydrogens (tertiary/aromatic N) is 3. The molecule has 3 rings (SSSR count). The molecule has 26 heavy (non-hydrogen) atoms. The van der Waals surface area contributed by atoms with Gasteiger partial charge in [0, 0.05) is 37.3 Å². The van der Waals surface area contributed by atoms with Crippen molar-refractivity contribution >= 4 is 9.84 Å². The lowest BCUT2D eigenvalue weighted by Crippen LogP contribution is -2.09. The summed E-state index contributed by atoms with van der Waals surface area (Å²) in [7, 11) is -1.94. The third-order valence-electron chi connectivity index (χ3n) is 3.93. The van der Waals surface area contributed by atoms with Crippen molar-refractivity contribution in [3.05, 3.63) is 54.0 Å². The highest BCUT2D eigenvalue weighted by Gasteiger charge is 2.38. The summed E-state index contributed by atoms with van der Waals surface area (Å²) < 4.78 is 66.3. The molecule has 0 aliphatic rings. The lowest BCUT2D eigenvalue weighted by atomic mass is 10.0. The third kappa shape index (κ3) is 3.39. The number of hydrogen-bond donors (Lipinski definition) is 0. The SMILES string of the molecule is Cc1cccc(-c2cn(-c3cc(S(C)(=O)=O)cn3C)nc2C(F)(F)F)c1. The number of rotatable bonds is 3. The molecular formula is C17H16F3N3O2S. The van der Waals surface area contributed by atoms with Crippen LogP contribution >= 0.6 is 0 Å². The van der Waals surface area contributed by atoms with Gasteiger partial charge in [0.2, 0.25) is 0 Å². The number of halogens is 3. The average molecular weight is 383 g/mol. The number of alkyl halides is 3. The van der Waals surface area contributed by atoms with E-state index in [2.05, 4.69) is 5.10 Å². The summed E-state index contributed by atoms with van der Waals surface area (Å²) in [5.74, 6) is 0.217. The summed E-state index contributed by atoms with van der Waals surface area (Å²) in [6, 6.07) is 7.98. The number of hydrogen-bond acceptors (Lipinski definition) is 3. The molecule has 0 aliphatic heterocycles. The normalized spacial score (nSPS) is 12.5. The van der Waals surface area contributed by atoms with Gasteiger partial charge in [-0.15, -0.1) is 0 Å². The molecular weight excluding hydrogens is 367 g/mol. The first-order valence-corrected chi connectivity index (χ1v) is 9.46. The minimum Gasteiger partial charge on any atom is -0.335 e. The zero-order chi connectivity index (χ0) is 19.3. The fourth-order valence-electron chi connectivity index (χ4n) is 2.68. The van der Waals surface area contributed by atoms with Crippen LogP contribution < -0.4 is 0 Å². The number of aromatic nitrogens is 3. The Morgan fingerprint density at radius 2 is 1.81 bits per heavy atom. The van der Waals surface area contributed by atoms with E-state index in [1.165, 1.54) is 23.0 Å². The maximum atomic E-state index is 13.5. The quantitative estimate of drug-likeness (QED) is 0.694. The van der Waals surface area contributed by atoms with E-state index in [-0.39, 0.29) is 16.3 Å². The first-order chi connectivity index (χ1) is 12.0. The van der Waals surface area contributed by atoms with Gasteiger partial charge in [0.05, 0.1) is 4.90 Å². The van der Waals surface area contributed by atoms with E-state index < -0.39 is 21.7 Å². The third-order valence-corrected chi connectivity index (χ3v) is 5.01. The molecule has 2 heterocycles. The van der Waals surface area contributed by atoms with Gasteiger partial charge in [-0.25, -0.2) is 13.1 Å². The molecule has 0 atom stereocenters. The molecule has 0 aliphatic carbocycles. The minimum atomic E-state index is -4.64. The van der Waals surface area contributed by atoms with Gasteiger partial charge in [0.15, 0.2) is 15.5 Å². The predicted octanol–water partition coefficient (Wildman–Crippen LogP) is 3.61. The second kappa shape index (κ2) is 6.01. The van der Waals surface area contributed by atoms with Crippen molar-refractivity contribution in [2.24, 2.45) is 7.05 Å². The van der Waals surface area contributed by atoms with E-state index >= 15 is 0 Å². The lowest BCUT2D eigenvalue weighted by Gasteiger charge is -2.06. The first-order valence-electron chi connectivity index (χ1n) is 7.57. The van der Waals surface area contributed by atoms with Gasteiger partial charge in [0.1, 0.15) is 5.82 Å². The van der Waals surface area contributed by atoms with Gasteiger partial charge in [0.25, 0.3) is 0 Å². The van der Waals surface area contributed by atoms with Crippen LogP contribution in [0.3, 0.4) is 0 Å². The zero-order valence-electron chi connectivity index (χ0n) is 14.2. The molecule has 0 unspecified atom stereocenters. The Morgan fingerprint density at radius 3 is 2.35 bits per heavy atom. The molecule has 0 N–H and O–H groups in total. The summed E-state index contributed by atoms with van der Waals surface area (Å²) in [6.07, 6.45) is -1.01. The molecule has 0 amide bonds. The second-order valence-electron chi connectivity index (χ2n) is 6.12. The summed E-state index contributed by atoms with van der Waals surface area (Å²) in [5, 5.41) is 3.69. The predicted molar refractivity (Wildman–Crippen MR) is 90.8 cm³/mol. The topological polar surface area (TPSA) is 56.9 Å². The maximum absolute atomic E-state index is 13.5. The molecule has 2 aromatic heterocycles. The monoisotopic (exact) mass is 383 g/mol. The summed E-state index contributed by atoms with van der Waals surface area (Å²) in [5.41, 5.74) is 0.122. The van der Waals surface area contributed by atoms with Gasteiger partial charge in [-0.2, -0.15) is 18.3 Å². The van der Waals surface area contributed by atoms with Gasteiger partial charge in [-0.05, 0) is 12.5 Å². The highest BCUT2D eigenvalue weighted by atomic mass is 32.2. The molecule has 0 saturated carbocycles. The van der Waals surface area contributed by atoms with Crippen molar-refractivity contribution in [1.29, 1.82) is 0 Å². The van der Waals surface area contributed by atoms with Crippen LogP contribution in [0.25, 0.3) is 16.9 Å². The standard InChI is InChI=1S/C17H16F3N3O2S/c1-11-5-4-6-12(7-11)14-10-23(21-16(14)17(18,19)20)15-8-13(9-22(15)2)26(3,24)25/h4-10H,1-3H3. The van der Waals surface area contributed by atoms with E-state index in [0.717, 1.165) is 16.5 Å². The largest absolute Gasteiger partial charge is 0.435 e. The van der Waals surface area contributed by atoms with Crippen LogP contribution in [0.1, 0.15) is 11.3 Å². The van der Waals surface area contributed by atoms with E-state index in [1.54, 1.807) is 38.2 Å². The average Bonchev–Trinajstić information content (AvgIpc) is 3.09. The summed E-state index contributed by atoms with van der Waals surface area (Å²) >= 11 is 0. The van der Waals surface area contributed by atoms with Crippen LogP contribution in [0.4, 0.5) is 13.2 Å². The van der Waals surface area contributed by atoms with Crippen LogP contribution in [0.5, 0.6) is 0 Å². The Labute approximate surface area is 148 Å². The molecule has 1 aromatic carbocycles. The summed E-state index contributed by atoms with van der Waals surface area (Å²) in [4.78, 5) is 0.0103. The molecule has 0 fully saturated rings. The molecule has 0 bridgehead atoms. The van der Waals surface area contributed by atoms with E-state index in [0.29, 0.717) is 5.56 Å². The van der Waals surface area contributed by atoms with Crippen molar-refractivity contribution < 1.29 is 21.6 Å².